The number of ether oxygens (including phenoxy) is 2. The standard InChI is InChI=1S/C22H29N5O4S/c1-22(2)8-3-9-26(15-22)21-7-6-20(23-24-21)25-10-12-27(13-11-25)32(28,29)17-4-5-18-19(14-17)31-16-30-18/h4-7,14H,3,8-13,15-16H2,1-2H3. The number of piperidine rings is 1. The third-order valence-electron chi connectivity index (χ3n) is 6.41. The molecule has 0 atom stereocenters. The van der Waals surface area contributed by atoms with Gasteiger partial charge in [0.15, 0.2) is 23.1 Å². The van der Waals surface area contributed by atoms with Crippen molar-refractivity contribution in [2.24, 2.45) is 5.41 Å². The average Bonchev–Trinajstić information content (AvgIpc) is 3.27. The predicted octanol–water partition coefficient (Wildman–Crippen LogP) is 2.34. The topological polar surface area (TPSA) is 88.1 Å². The van der Waals surface area contributed by atoms with Crippen molar-refractivity contribution >= 4 is 21.7 Å². The SMILES string of the molecule is CC1(C)CCCN(c2ccc(N3CCN(S(=O)(=O)c4ccc5c(c4)OCO5)CC3)nn2)C1. The first-order chi connectivity index (χ1) is 15.3. The smallest absolute Gasteiger partial charge is 0.243 e. The van der Waals surface area contributed by atoms with E-state index in [9.17, 15) is 8.42 Å². The Morgan fingerprint density at radius 3 is 2.25 bits per heavy atom. The second-order valence-corrected chi connectivity index (χ2v) is 11.3. The van der Waals surface area contributed by atoms with E-state index in [1.54, 1.807) is 12.1 Å². The number of sulfonamides is 1. The van der Waals surface area contributed by atoms with E-state index in [1.807, 2.05) is 12.1 Å². The number of hydrogen-bond donors (Lipinski definition) is 0. The van der Waals surface area contributed by atoms with Crippen LogP contribution in [0.3, 0.4) is 0 Å². The summed E-state index contributed by atoms with van der Waals surface area (Å²) in [7, 11) is -3.59. The maximum atomic E-state index is 13.1. The van der Waals surface area contributed by atoms with E-state index in [1.165, 1.54) is 16.8 Å². The first-order valence-electron chi connectivity index (χ1n) is 11.1. The van der Waals surface area contributed by atoms with Gasteiger partial charge in [0.25, 0.3) is 0 Å². The Labute approximate surface area is 189 Å². The molecule has 5 rings (SSSR count). The van der Waals surface area contributed by atoms with Crippen LogP contribution in [0, 0.1) is 5.41 Å². The van der Waals surface area contributed by atoms with E-state index in [2.05, 4.69) is 33.8 Å². The molecule has 0 spiro atoms. The molecule has 0 bridgehead atoms. The monoisotopic (exact) mass is 459 g/mol. The van der Waals surface area contributed by atoms with Crippen molar-refractivity contribution in [1.82, 2.24) is 14.5 Å². The molecule has 32 heavy (non-hydrogen) atoms. The Morgan fingerprint density at radius 2 is 1.56 bits per heavy atom. The Bertz CT molecular complexity index is 1080. The number of piperazine rings is 1. The fourth-order valence-corrected chi connectivity index (χ4v) is 6.06. The van der Waals surface area contributed by atoms with Crippen molar-refractivity contribution in [2.45, 2.75) is 31.6 Å². The molecule has 0 radical (unpaired) electrons. The first-order valence-corrected chi connectivity index (χ1v) is 12.5. The molecule has 0 saturated carbocycles. The van der Waals surface area contributed by atoms with Crippen molar-refractivity contribution in [3.8, 4) is 11.5 Å². The first kappa shape index (κ1) is 21.3. The summed E-state index contributed by atoms with van der Waals surface area (Å²) in [5, 5.41) is 8.91. The van der Waals surface area contributed by atoms with Gasteiger partial charge < -0.3 is 19.3 Å². The van der Waals surface area contributed by atoms with Gasteiger partial charge in [-0.15, -0.1) is 10.2 Å². The molecule has 3 aliphatic rings. The summed E-state index contributed by atoms with van der Waals surface area (Å²) >= 11 is 0. The van der Waals surface area contributed by atoms with Crippen LogP contribution < -0.4 is 19.3 Å². The van der Waals surface area contributed by atoms with E-state index < -0.39 is 10.0 Å². The molecule has 1 aromatic carbocycles. The van der Waals surface area contributed by atoms with Gasteiger partial charge in [-0.25, -0.2) is 8.42 Å². The number of anilines is 2. The zero-order valence-corrected chi connectivity index (χ0v) is 19.3. The van der Waals surface area contributed by atoms with Crippen molar-refractivity contribution < 1.29 is 17.9 Å². The van der Waals surface area contributed by atoms with Crippen LogP contribution in [-0.2, 0) is 10.0 Å². The Hall–Kier alpha value is -2.59. The normalized spacial score (nSPS) is 21.1. The van der Waals surface area contributed by atoms with E-state index >= 15 is 0 Å². The van der Waals surface area contributed by atoms with Gasteiger partial charge in [0.1, 0.15) is 0 Å². The van der Waals surface area contributed by atoms with E-state index in [0.717, 1.165) is 31.1 Å². The third kappa shape index (κ3) is 4.09. The number of hydrogen-bond acceptors (Lipinski definition) is 8. The number of rotatable bonds is 4. The molecule has 9 nitrogen and oxygen atoms in total. The summed E-state index contributed by atoms with van der Waals surface area (Å²) in [6.07, 6.45) is 2.39. The highest BCUT2D eigenvalue weighted by Crippen LogP contribution is 2.35. The molecular formula is C22H29N5O4S. The molecule has 4 heterocycles. The minimum atomic E-state index is -3.59. The highest BCUT2D eigenvalue weighted by atomic mass is 32.2. The van der Waals surface area contributed by atoms with Gasteiger partial charge in [0, 0.05) is 45.3 Å². The highest BCUT2D eigenvalue weighted by Gasteiger charge is 2.31. The fraction of sp³-hybridized carbons (Fsp3) is 0.545. The van der Waals surface area contributed by atoms with Gasteiger partial charge in [0.2, 0.25) is 16.8 Å². The van der Waals surface area contributed by atoms with Crippen LogP contribution in [0.25, 0.3) is 0 Å². The molecule has 0 aliphatic carbocycles. The zero-order valence-electron chi connectivity index (χ0n) is 18.5. The second-order valence-electron chi connectivity index (χ2n) is 9.35. The molecule has 10 heteroatoms. The van der Waals surface area contributed by atoms with E-state index in [-0.39, 0.29) is 11.7 Å². The molecule has 172 valence electrons. The van der Waals surface area contributed by atoms with Crippen molar-refractivity contribution in [3.63, 3.8) is 0 Å². The van der Waals surface area contributed by atoms with E-state index in [4.69, 9.17) is 9.47 Å². The summed E-state index contributed by atoms with van der Waals surface area (Å²) in [5.41, 5.74) is 0.290. The molecular weight excluding hydrogens is 430 g/mol. The van der Waals surface area contributed by atoms with Gasteiger partial charge in [-0.2, -0.15) is 4.31 Å². The van der Waals surface area contributed by atoms with Gasteiger partial charge in [-0.05, 0) is 42.5 Å². The van der Waals surface area contributed by atoms with Crippen molar-refractivity contribution in [2.75, 3.05) is 55.9 Å². The predicted molar refractivity (Wildman–Crippen MR) is 121 cm³/mol. The zero-order chi connectivity index (χ0) is 22.3. The Morgan fingerprint density at radius 1 is 0.875 bits per heavy atom. The summed E-state index contributed by atoms with van der Waals surface area (Å²) in [4.78, 5) is 4.61. The van der Waals surface area contributed by atoms with Crippen molar-refractivity contribution in [1.29, 1.82) is 0 Å². The van der Waals surface area contributed by atoms with Crippen LogP contribution in [0.5, 0.6) is 11.5 Å². The summed E-state index contributed by atoms with van der Waals surface area (Å²) in [5.74, 6) is 2.73. The largest absolute Gasteiger partial charge is 0.454 e. The highest BCUT2D eigenvalue weighted by molar-refractivity contribution is 7.89. The molecule has 1 aromatic heterocycles. The minimum Gasteiger partial charge on any atom is -0.454 e. The molecule has 2 aromatic rings. The Balaban J connectivity index is 1.23. The van der Waals surface area contributed by atoms with Gasteiger partial charge in [0.05, 0.1) is 4.90 Å². The summed E-state index contributed by atoms with van der Waals surface area (Å²) in [6, 6.07) is 8.77. The van der Waals surface area contributed by atoms with Gasteiger partial charge in [-0.1, -0.05) is 13.8 Å². The molecule has 3 aliphatic heterocycles. The van der Waals surface area contributed by atoms with E-state index in [0.29, 0.717) is 43.1 Å². The van der Waals surface area contributed by atoms with Gasteiger partial charge >= 0.3 is 0 Å². The second kappa shape index (κ2) is 8.08. The third-order valence-corrected chi connectivity index (χ3v) is 8.30. The van der Waals surface area contributed by atoms with Gasteiger partial charge in [-0.3, -0.25) is 0 Å². The molecule has 0 N–H and O–H groups in total. The maximum Gasteiger partial charge on any atom is 0.243 e. The minimum absolute atomic E-state index is 0.118. The fourth-order valence-electron chi connectivity index (χ4n) is 4.62. The number of fused-ring (bicyclic) bond motifs is 1. The van der Waals surface area contributed by atoms with Crippen LogP contribution in [0.1, 0.15) is 26.7 Å². The molecule has 2 fully saturated rings. The van der Waals surface area contributed by atoms with Crippen LogP contribution in [0.4, 0.5) is 11.6 Å². The molecule has 0 amide bonds. The van der Waals surface area contributed by atoms with Crippen LogP contribution in [0.2, 0.25) is 0 Å². The number of benzene rings is 1. The van der Waals surface area contributed by atoms with Crippen LogP contribution >= 0.6 is 0 Å². The molecule has 0 unspecified atom stereocenters. The van der Waals surface area contributed by atoms with Crippen LogP contribution in [0.15, 0.2) is 35.2 Å². The summed E-state index contributed by atoms with van der Waals surface area (Å²) in [6.45, 7) is 8.60. The lowest BCUT2D eigenvalue weighted by Gasteiger charge is -2.38. The lowest BCUT2D eigenvalue weighted by molar-refractivity contribution is 0.174. The lowest BCUT2D eigenvalue weighted by atomic mass is 9.84. The maximum absolute atomic E-state index is 13.1. The number of nitrogens with zero attached hydrogens (tertiary/aromatic N) is 5. The summed E-state index contributed by atoms with van der Waals surface area (Å²) < 4.78 is 38.3. The number of aromatic nitrogens is 2. The molecule has 2 saturated heterocycles. The van der Waals surface area contributed by atoms with Crippen molar-refractivity contribution in [3.05, 3.63) is 30.3 Å². The average molecular weight is 460 g/mol. The quantitative estimate of drug-likeness (QED) is 0.689. The van der Waals surface area contributed by atoms with Crippen LogP contribution in [-0.4, -0.2) is 69.0 Å². The Kier molecular flexibility index (Phi) is 5.37. The lowest BCUT2D eigenvalue weighted by Crippen LogP contribution is -2.49.